The van der Waals surface area contributed by atoms with Gasteiger partial charge in [0.05, 0.1) is 30.2 Å². The van der Waals surface area contributed by atoms with Crippen LogP contribution in [0, 0.1) is 0 Å². The van der Waals surface area contributed by atoms with E-state index in [1.165, 1.54) is 6.07 Å². The predicted molar refractivity (Wildman–Crippen MR) is 103 cm³/mol. The number of benzene rings is 2. The third-order valence-corrected chi connectivity index (χ3v) is 4.49. The van der Waals surface area contributed by atoms with Crippen molar-refractivity contribution >= 4 is 23.3 Å². The molecule has 1 aliphatic rings. The molecule has 1 heterocycles. The second-order valence-electron chi connectivity index (χ2n) is 6.65. The van der Waals surface area contributed by atoms with Crippen LogP contribution < -0.4 is 10.2 Å². The van der Waals surface area contributed by atoms with Gasteiger partial charge in [0, 0.05) is 19.2 Å². The number of nitrogens with one attached hydrogen (secondary N) is 1. The van der Waals surface area contributed by atoms with Crippen molar-refractivity contribution in [2.75, 3.05) is 43.1 Å². The van der Waals surface area contributed by atoms with E-state index in [9.17, 15) is 33.0 Å². The number of alkyl halides is 3. The number of hydrogen-bond acceptors (Lipinski definition) is 7. The number of anilines is 2. The molecule has 1 amide bonds. The molecule has 11 heteroatoms. The van der Waals surface area contributed by atoms with E-state index in [2.05, 4.69) is 5.32 Å². The molecule has 2 aromatic rings. The second-order valence-corrected chi connectivity index (χ2v) is 6.65. The van der Waals surface area contributed by atoms with Gasteiger partial charge in [0.1, 0.15) is 17.1 Å². The van der Waals surface area contributed by atoms with E-state index in [4.69, 9.17) is 9.47 Å². The number of carbonyl (C=O) groups excluding carboxylic acids is 2. The topological polar surface area (TPSA) is 108 Å². The Morgan fingerprint density at radius 2 is 1.81 bits per heavy atom. The molecule has 2 aromatic carbocycles. The standard InChI is InChI=1S/C20H19F3N2O6/c21-20(22,23)12-1-4-16(25-5-7-30-8-6-25)15(9-12)24-18(28)11-31-19(29)14-3-2-13(26)10-17(14)27/h1-4,9-10,26-27H,5-8,11H2,(H,24,28). The number of rotatable bonds is 5. The number of esters is 1. The van der Waals surface area contributed by atoms with Crippen molar-refractivity contribution in [1.29, 1.82) is 0 Å². The molecule has 0 aromatic heterocycles. The summed E-state index contributed by atoms with van der Waals surface area (Å²) in [4.78, 5) is 26.1. The Balaban J connectivity index is 1.73. The van der Waals surface area contributed by atoms with Gasteiger partial charge in [-0.15, -0.1) is 0 Å². The maximum atomic E-state index is 13.1. The number of nitrogens with zero attached hydrogens (tertiary/aromatic N) is 1. The van der Waals surface area contributed by atoms with Gasteiger partial charge in [-0.3, -0.25) is 4.79 Å². The molecule has 1 fully saturated rings. The van der Waals surface area contributed by atoms with Gasteiger partial charge < -0.3 is 29.9 Å². The average Bonchev–Trinajstić information content (AvgIpc) is 2.72. The van der Waals surface area contributed by atoms with Crippen molar-refractivity contribution in [1.82, 2.24) is 0 Å². The first-order valence-corrected chi connectivity index (χ1v) is 9.18. The zero-order valence-electron chi connectivity index (χ0n) is 16.1. The first-order chi connectivity index (χ1) is 14.6. The van der Waals surface area contributed by atoms with Crippen LogP contribution in [0.2, 0.25) is 0 Å². The minimum absolute atomic E-state index is 0.0785. The highest BCUT2D eigenvalue weighted by Gasteiger charge is 2.32. The summed E-state index contributed by atoms with van der Waals surface area (Å²) in [6, 6.07) is 6.18. The molecule has 1 saturated heterocycles. The molecule has 0 atom stereocenters. The molecule has 0 bridgehead atoms. The molecule has 0 spiro atoms. The van der Waals surface area contributed by atoms with Crippen LogP contribution in [0.4, 0.5) is 24.5 Å². The van der Waals surface area contributed by atoms with E-state index in [1.54, 1.807) is 4.90 Å². The fraction of sp³-hybridized carbons (Fsp3) is 0.300. The maximum absolute atomic E-state index is 13.1. The molecule has 3 rings (SSSR count). The lowest BCUT2D eigenvalue weighted by atomic mass is 10.1. The number of aromatic hydroxyl groups is 2. The van der Waals surface area contributed by atoms with Gasteiger partial charge in [0.15, 0.2) is 6.61 Å². The molecule has 0 aliphatic carbocycles. The fourth-order valence-electron chi connectivity index (χ4n) is 2.98. The van der Waals surface area contributed by atoms with Crippen LogP contribution in [-0.2, 0) is 20.4 Å². The van der Waals surface area contributed by atoms with E-state index in [1.807, 2.05) is 0 Å². The van der Waals surface area contributed by atoms with Gasteiger partial charge in [0.2, 0.25) is 0 Å². The molecular weight excluding hydrogens is 421 g/mol. The van der Waals surface area contributed by atoms with Crippen molar-refractivity contribution < 1.29 is 42.4 Å². The third-order valence-electron chi connectivity index (χ3n) is 4.49. The number of phenols is 2. The van der Waals surface area contributed by atoms with Crippen LogP contribution in [0.3, 0.4) is 0 Å². The van der Waals surface area contributed by atoms with Gasteiger partial charge in [-0.25, -0.2) is 4.79 Å². The van der Waals surface area contributed by atoms with Crippen LogP contribution >= 0.6 is 0 Å². The SMILES string of the molecule is O=C(COC(=O)c1ccc(O)cc1O)Nc1cc(C(F)(F)F)ccc1N1CCOCC1. The normalized spacial score (nSPS) is 14.2. The fourth-order valence-corrected chi connectivity index (χ4v) is 2.98. The number of carbonyl (C=O) groups is 2. The zero-order chi connectivity index (χ0) is 22.6. The molecule has 8 nitrogen and oxygen atoms in total. The minimum Gasteiger partial charge on any atom is -0.508 e. The Kier molecular flexibility index (Phi) is 6.54. The van der Waals surface area contributed by atoms with Crippen molar-refractivity contribution in [2.24, 2.45) is 0 Å². The molecule has 31 heavy (non-hydrogen) atoms. The van der Waals surface area contributed by atoms with Gasteiger partial charge in [-0.2, -0.15) is 13.2 Å². The van der Waals surface area contributed by atoms with Gasteiger partial charge in [0.25, 0.3) is 5.91 Å². The van der Waals surface area contributed by atoms with Crippen molar-refractivity contribution in [3.63, 3.8) is 0 Å². The van der Waals surface area contributed by atoms with Crippen LogP contribution in [-0.4, -0.2) is 55.0 Å². The molecule has 0 unspecified atom stereocenters. The Morgan fingerprint density at radius 1 is 1.10 bits per heavy atom. The average molecular weight is 440 g/mol. The molecular formula is C20H19F3N2O6. The molecule has 166 valence electrons. The number of hydrogen-bond donors (Lipinski definition) is 3. The number of ether oxygens (including phenoxy) is 2. The van der Waals surface area contributed by atoms with Gasteiger partial charge in [-0.1, -0.05) is 0 Å². The minimum atomic E-state index is -4.61. The smallest absolute Gasteiger partial charge is 0.416 e. The van der Waals surface area contributed by atoms with Crippen molar-refractivity contribution in [2.45, 2.75) is 6.18 Å². The number of amides is 1. The van der Waals surface area contributed by atoms with E-state index < -0.39 is 36.0 Å². The molecule has 3 N–H and O–H groups in total. The zero-order valence-corrected chi connectivity index (χ0v) is 16.1. The summed E-state index contributed by atoms with van der Waals surface area (Å²) >= 11 is 0. The van der Waals surface area contributed by atoms with E-state index in [0.29, 0.717) is 32.0 Å². The summed E-state index contributed by atoms with van der Waals surface area (Å²) in [5, 5.41) is 21.3. The Bertz CT molecular complexity index is 974. The maximum Gasteiger partial charge on any atom is 0.416 e. The third kappa shape index (κ3) is 5.57. The summed E-state index contributed by atoms with van der Waals surface area (Å²) in [6.07, 6.45) is -4.61. The van der Waals surface area contributed by atoms with E-state index in [-0.39, 0.29) is 17.0 Å². The first-order valence-electron chi connectivity index (χ1n) is 9.18. The quantitative estimate of drug-likeness (QED) is 0.614. The summed E-state index contributed by atoms with van der Waals surface area (Å²) in [5.41, 5.74) is -0.915. The summed E-state index contributed by atoms with van der Waals surface area (Å²) in [6.45, 7) is 0.856. The summed E-state index contributed by atoms with van der Waals surface area (Å²) in [7, 11) is 0. The highest BCUT2D eigenvalue weighted by atomic mass is 19.4. The van der Waals surface area contributed by atoms with Crippen LogP contribution in [0.1, 0.15) is 15.9 Å². The highest BCUT2D eigenvalue weighted by Crippen LogP contribution is 2.35. The highest BCUT2D eigenvalue weighted by molar-refractivity contribution is 5.98. The second kappa shape index (κ2) is 9.13. The van der Waals surface area contributed by atoms with E-state index in [0.717, 1.165) is 30.3 Å². The summed E-state index contributed by atoms with van der Waals surface area (Å²) < 4.78 is 49.4. The molecule has 0 radical (unpaired) electrons. The Labute approximate surface area is 174 Å². The van der Waals surface area contributed by atoms with Crippen molar-refractivity contribution in [3.8, 4) is 11.5 Å². The van der Waals surface area contributed by atoms with Crippen molar-refractivity contribution in [3.05, 3.63) is 47.5 Å². The Morgan fingerprint density at radius 3 is 2.45 bits per heavy atom. The summed E-state index contributed by atoms with van der Waals surface area (Å²) in [5.74, 6) is -2.71. The Hall–Kier alpha value is -3.47. The van der Waals surface area contributed by atoms with Crippen LogP contribution in [0.25, 0.3) is 0 Å². The monoisotopic (exact) mass is 440 g/mol. The molecule has 1 aliphatic heterocycles. The number of morpholine rings is 1. The lowest BCUT2D eigenvalue weighted by Crippen LogP contribution is -2.37. The lowest BCUT2D eigenvalue weighted by molar-refractivity contribution is -0.137. The largest absolute Gasteiger partial charge is 0.508 e. The molecule has 0 saturated carbocycles. The van der Waals surface area contributed by atoms with Crippen LogP contribution in [0.15, 0.2) is 36.4 Å². The van der Waals surface area contributed by atoms with E-state index >= 15 is 0 Å². The lowest BCUT2D eigenvalue weighted by Gasteiger charge is -2.31. The first kappa shape index (κ1) is 22.2. The van der Waals surface area contributed by atoms with Gasteiger partial charge in [-0.05, 0) is 30.3 Å². The number of halogens is 3. The number of phenolic OH excluding ortho intramolecular Hbond substituents is 2. The van der Waals surface area contributed by atoms with Crippen LogP contribution in [0.5, 0.6) is 11.5 Å². The van der Waals surface area contributed by atoms with Gasteiger partial charge >= 0.3 is 12.1 Å². The predicted octanol–water partition coefficient (Wildman–Crippen LogP) is 2.75.